The Bertz CT molecular complexity index is 4080. The molecule has 68 heavy (non-hydrogen) atoms. The van der Waals surface area contributed by atoms with E-state index in [0.29, 0.717) is 0 Å². The normalized spacial score (nSPS) is 13.0. The van der Waals surface area contributed by atoms with Crippen molar-refractivity contribution in [3.63, 3.8) is 0 Å². The first-order valence-corrected chi connectivity index (χ1v) is 23.7. The highest BCUT2D eigenvalue weighted by atomic mass is 15.1. The van der Waals surface area contributed by atoms with E-state index in [9.17, 15) is 0 Å². The highest BCUT2D eigenvalue weighted by molar-refractivity contribution is 6.26. The Hall–Kier alpha value is -8.66. The van der Waals surface area contributed by atoms with E-state index >= 15 is 0 Å². The van der Waals surface area contributed by atoms with Crippen molar-refractivity contribution in [3.8, 4) is 44.8 Å². The van der Waals surface area contributed by atoms with Crippen LogP contribution in [0.2, 0.25) is 0 Å². The van der Waals surface area contributed by atoms with E-state index < -0.39 is 0 Å². The van der Waals surface area contributed by atoms with Crippen LogP contribution in [0.5, 0.6) is 0 Å². The number of benzene rings is 11. The molecule has 0 saturated carbocycles. The number of hydrogen-bond donors (Lipinski definition) is 0. The number of anilines is 3. The maximum absolute atomic E-state index is 2.50. The van der Waals surface area contributed by atoms with Gasteiger partial charge in [0.15, 0.2) is 0 Å². The number of nitrogens with zero attached hydrogens (tertiary/aromatic N) is 3. The summed E-state index contributed by atoms with van der Waals surface area (Å²) in [6.07, 6.45) is 0. The van der Waals surface area contributed by atoms with Crippen LogP contribution in [0.25, 0.3) is 99.1 Å². The number of para-hydroxylation sites is 3. The van der Waals surface area contributed by atoms with Gasteiger partial charge in [0.2, 0.25) is 0 Å². The van der Waals surface area contributed by atoms with E-state index in [1.807, 2.05) is 0 Å². The molecule has 0 spiro atoms. The van der Waals surface area contributed by atoms with Gasteiger partial charge >= 0.3 is 0 Å². The van der Waals surface area contributed by atoms with Gasteiger partial charge in [0.05, 0.1) is 22.1 Å². The minimum Gasteiger partial charge on any atom is -0.310 e. The molecule has 0 fully saturated rings. The van der Waals surface area contributed by atoms with Gasteiger partial charge in [-0.15, -0.1) is 0 Å². The summed E-state index contributed by atoms with van der Waals surface area (Å²) in [5.41, 5.74) is 20.5. The molecule has 3 heteroatoms. The predicted octanol–water partition coefficient (Wildman–Crippen LogP) is 17.6. The quantitative estimate of drug-likeness (QED) is 0.145. The smallest absolute Gasteiger partial charge is 0.0568 e. The fraction of sp³-hybridized carbons (Fsp3) is 0.0462. The molecule has 0 N–H and O–H groups in total. The molecule has 0 radical (unpaired) electrons. The first kappa shape index (κ1) is 38.6. The summed E-state index contributed by atoms with van der Waals surface area (Å²) in [5, 5.41) is 7.52. The Kier molecular flexibility index (Phi) is 8.33. The van der Waals surface area contributed by atoms with Gasteiger partial charge in [0.1, 0.15) is 0 Å². The molecule has 11 aromatic carbocycles. The monoisotopic (exact) mass is 867 g/mol. The summed E-state index contributed by atoms with van der Waals surface area (Å²) in [7, 11) is 0. The number of fused-ring (bicyclic) bond motifs is 6. The van der Waals surface area contributed by atoms with Crippen LogP contribution in [0.3, 0.4) is 0 Å². The van der Waals surface area contributed by atoms with Crippen LogP contribution in [-0.4, -0.2) is 9.13 Å². The lowest BCUT2D eigenvalue weighted by atomic mass is 9.82. The van der Waals surface area contributed by atoms with Crippen molar-refractivity contribution in [2.45, 2.75) is 19.3 Å². The van der Waals surface area contributed by atoms with Crippen LogP contribution in [0.1, 0.15) is 25.0 Å². The SMILES string of the molecule is CC1(C)c2ccccc2-c2ccc(N(c3ccc(-c4ccccc4)cc3)c3cc4ccc5cc(-c6ccc7c(c6)c6ccccc6n7-c6ccccc6)cc6c5c4c(c3)n6-c3ccccc3)cc21. The van der Waals surface area contributed by atoms with Gasteiger partial charge in [-0.05, 0) is 146 Å². The second kappa shape index (κ2) is 14.7. The van der Waals surface area contributed by atoms with Gasteiger partial charge in [-0.2, -0.15) is 0 Å². The molecule has 0 unspecified atom stereocenters. The molecule has 0 bridgehead atoms. The third kappa shape index (κ3) is 5.72. The van der Waals surface area contributed by atoms with Crippen LogP contribution >= 0.6 is 0 Å². The van der Waals surface area contributed by atoms with E-state index in [4.69, 9.17) is 0 Å². The molecule has 14 rings (SSSR count). The molecule has 2 aromatic heterocycles. The second-order valence-electron chi connectivity index (χ2n) is 19.0. The van der Waals surface area contributed by atoms with Gasteiger partial charge in [-0.25, -0.2) is 0 Å². The lowest BCUT2D eigenvalue weighted by Gasteiger charge is -2.28. The van der Waals surface area contributed by atoms with E-state index in [1.54, 1.807) is 0 Å². The van der Waals surface area contributed by atoms with Crippen LogP contribution < -0.4 is 4.90 Å². The molecule has 0 saturated heterocycles. The maximum Gasteiger partial charge on any atom is 0.0568 e. The van der Waals surface area contributed by atoms with Crippen LogP contribution in [-0.2, 0) is 5.41 Å². The predicted molar refractivity (Wildman–Crippen MR) is 287 cm³/mol. The molecule has 2 heterocycles. The van der Waals surface area contributed by atoms with Gasteiger partial charge in [-0.1, -0.05) is 159 Å². The van der Waals surface area contributed by atoms with Crippen molar-refractivity contribution in [3.05, 3.63) is 248 Å². The second-order valence-corrected chi connectivity index (χ2v) is 19.0. The average molecular weight is 868 g/mol. The van der Waals surface area contributed by atoms with E-state index in [2.05, 4.69) is 264 Å². The van der Waals surface area contributed by atoms with Crippen LogP contribution in [0, 0.1) is 0 Å². The lowest BCUT2D eigenvalue weighted by Crippen LogP contribution is -2.16. The van der Waals surface area contributed by atoms with E-state index in [0.717, 1.165) is 22.7 Å². The van der Waals surface area contributed by atoms with Gasteiger partial charge in [0.25, 0.3) is 0 Å². The zero-order valence-electron chi connectivity index (χ0n) is 37.9. The lowest BCUT2D eigenvalue weighted by molar-refractivity contribution is 0.660. The van der Waals surface area contributed by atoms with Crippen molar-refractivity contribution in [1.29, 1.82) is 0 Å². The van der Waals surface area contributed by atoms with E-state index in [-0.39, 0.29) is 5.41 Å². The Morgan fingerprint density at radius 2 is 0.882 bits per heavy atom. The number of aromatic nitrogens is 2. The molecule has 1 aliphatic rings. The summed E-state index contributed by atoms with van der Waals surface area (Å²) in [6.45, 7) is 4.74. The minimum absolute atomic E-state index is 0.138. The Morgan fingerprint density at radius 3 is 1.63 bits per heavy atom. The molecular weight excluding hydrogens is 823 g/mol. The summed E-state index contributed by atoms with van der Waals surface area (Å²) in [5.74, 6) is 0. The van der Waals surface area contributed by atoms with Gasteiger partial charge in [0, 0.05) is 55.4 Å². The van der Waals surface area contributed by atoms with Crippen molar-refractivity contribution in [1.82, 2.24) is 9.13 Å². The number of hydrogen-bond acceptors (Lipinski definition) is 1. The third-order valence-electron chi connectivity index (χ3n) is 14.8. The first-order valence-electron chi connectivity index (χ1n) is 23.7. The Labute approximate surface area is 395 Å². The molecule has 3 nitrogen and oxygen atoms in total. The fourth-order valence-corrected chi connectivity index (χ4v) is 11.6. The summed E-state index contributed by atoms with van der Waals surface area (Å²) < 4.78 is 4.89. The molecule has 13 aromatic rings. The van der Waals surface area contributed by atoms with Crippen LogP contribution in [0.4, 0.5) is 17.1 Å². The molecular formula is C65H45N3. The van der Waals surface area contributed by atoms with Gasteiger partial charge in [-0.3, -0.25) is 0 Å². The van der Waals surface area contributed by atoms with Gasteiger partial charge < -0.3 is 14.0 Å². The Balaban J connectivity index is 0.987. The number of rotatable bonds is 7. The average Bonchev–Trinajstić information content (AvgIpc) is 3.99. The topological polar surface area (TPSA) is 13.1 Å². The highest BCUT2D eigenvalue weighted by Crippen LogP contribution is 2.52. The third-order valence-corrected chi connectivity index (χ3v) is 14.8. The molecule has 0 aliphatic heterocycles. The molecule has 320 valence electrons. The molecule has 1 aliphatic carbocycles. The summed E-state index contributed by atoms with van der Waals surface area (Å²) >= 11 is 0. The van der Waals surface area contributed by atoms with Crippen LogP contribution in [0.15, 0.2) is 237 Å². The standard InChI is InChI=1S/C65H45N3/c1-65(2)57-24-14-12-22-53(57)54-34-33-51(40-58(54)65)66(50-31-28-43(29-32-50)42-16-6-3-7-17-42)52-37-46-27-26-45-36-47(39-61-63(45)64(46)62(41-52)68(61)49-20-10-5-11-21-49)44-30-35-60-56(38-44)55-23-13-15-25-59(55)67(60)48-18-8-4-9-19-48/h3-41H,1-2H3. The van der Waals surface area contributed by atoms with Crippen molar-refractivity contribution >= 4 is 71.4 Å². The minimum atomic E-state index is -0.138. The fourth-order valence-electron chi connectivity index (χ4n) is 11.6. The summed E-state index contributed by atoms with van der Waals surface area (Å²) in [6, 6.07) is 87.5. The zero-order chi connectivity index (χ0) is 45.1. The summed E-state index contributed by atoms with van der Waals surface area (Å²) in [4.78, 5) is 2.47. The zero-order valence-corrected chi connectivity index (χ0v) is 37.9. The van der Waals surface area contributed by atoms with Crippen molar-refractivity contribution in [2.75, 3.05) is 4.90 Å². The van der Waals surface area contributed by atoms with E-state index in [1.165, 1.54) is 105 Å². The highest BCUT2D eigenvalue weighted by Gasteiger charge is 2.36. The molecule has 0 atom stereocenters. The maximum atomic E-state index is 2.50. The first-order chi connectivity index (χ1) is 33.5. The molecule has 0 amide bonds. The van der Waals surface area contributed by atoms with Crippen molar-refractivity contribution in [2.24, 2.45) is 0 Å². The van der Waals surface area contributed by atoms with Crippen molar-refractivity contribution < 1.29 is 0 Å². The Morgan fingerprint density at radius 1 is 0.324 bits per heavy atom. The largest absolute Gasteiger partial charge is 0.310 e.